The highest BCUT2D eigenvalue weighted by molar-refractivity contribution is 6.14. The molecule has 0 radical (unpaired) electrons. The van der Waals surface area contributed by atoms with Gasteiger partial charge in [0.25, 0.3) is 11.8 Å². The number of carbonyl (C=O) groups is 10. The number of hydrogen-bond donors (Lipinski definition) is 8. The van der Waals surface area contributed by atoms with Gasteiger partial charge < -0.3 is 66.4 Å². The number of nitrogens with two attached hydrogens (primary N) is 1. The van der Waals surface area contributed by atoms with Gasteiger partial charge in [0, 0.05) is 68.5 Å². The highest BCUT2D eigenvalue weighted by atomic mass is 19.1. The number of halogens is 2. The van der Waals surface area contributed by atoms with Crippen molar-refractivity contribution in [3.8, 4) is 11.1 Å². The summed E-state index contributed by atoms with van der Waals surface area (Å²) in [7, 11) is 1.50. The first-order chi connectivity index (χ1) is 37.9. The van der Waals surface area contributed by atoms with Crippen LogP contribution in [0.4, 0.5) is 8.78 Å². The molecule has 1 aromatic heterocycles. The Kier molecular flexibility index (Phi) is 24.2. The fourth-order valence-corrected chi connectivity index (χ4v) is 8.15. The van der Waals surface area contributed by atoms with Crippen LogP contribution in [0.3, 0.4) is 0 Å². The van der Waals surface area contributed by atoms with Crippen LogP contribution in [0.1, 0.15) is 64.8 Å². The van der Waals surface area contributed by atoms with Crippen molar-refractivity contribution in [1.29, 1.82) is 0 Å². The number of aromatic nitrogens is 1. The van der Waals surface area contributed by atoms with Gasteiger partial charge in [-0.05, 0) is 55.5 Å². The highest BCUT2D eigenvalue weighted by Crippen LogP contribution is 2.41. The fraction of sp³-hybridized carbons (Fsp3) is 0.472. The van der Waals surface area contributed by atoms with Crippen molar-refractivity contribution in [3.63, 3.8) is 0 Å². The zero-order chi connectivity index (χ0) is 59.3. The second-order valence-corrected chi connectivity index (χ2v) is 19.3. The van der Waals surface area contributed by atoms with E-state index in [1.807, 2.05) is 18.2 Å². The minimum absolute atomic E-state index is 0.00873. The number of amides is 10. The number of nitrogens with one attached hydrogen (secondary N) is 6. The number of imide groups is 1. The van der Waals surface area contributed by atoms with Gasteiger partial charge >= 0.3 is 0 Å². The molecule has 0 unspecified atom stereocenters. The van der Waals surface area contributed by atoms with Crippen molar-refractivity contribution < 1.29 is 77.5 Å². The molecule has 0 spiro atoms. The summed E-state index contributed by atoms with van der Waals surface area (Å²) in [4.78, 5) is 133. The summed E-state index contributed by atoms with van der Waals surface area (Å²) in [5, 5.41) is 23.0. The molecule has 430 valence electrons. The normalized spacial score (nSPS) is 14.3. The maximum absolute atomic E-state index is 15.4. The smallest absolute Gasteiger partial charge is 0.254 e. The number of carbonyl (C=O) groups excluding carboxylic acids is 10. The Morgan fingerprint density at radius 2 is 1.42 bits per heavy atom. The third-order valence-corrected chi connectivity index (χ3v) is 12.0. The van der Waals surface area contributed by atoms with Gasteiger partial charge in [-0.2, -0.15) is 0 Å². The first kappa shape index (κ1) is 61.9. The summed E-state index contributed by atoms with van der Waals surface area (Å²) in [6.45, 7) is 5.56. The molecule has 1 aliphatic rings. The molecule has 9 N–H and O–H groups in total. The summed E-state index contributed by atoms with van der Waals surface area (Å²) >= 11 is 0. The highest BCUT2D eigenvalue weighted by Gasteiger charge is 2.39. The molecule has 2 heterocycles. The molecule has 26 heteroatoms. The lowest BCUT2D eigenvalue weighted by Crippen LogP contribution is -2.58. The van der Waals surface area contributed by atoms with E-state index in [0.29, 0.717) is 29.1 Å². The molecule has 2 aromatic carbocycles. The zero-order valence-electron chi connectivity index (χ0n) is 45.9. The Balaban J connectivity index is 1.61. The molecule has 0 aliphatic carbocycles. The summed E-state index contributed by atoms with van der Waals surface area (Å²) in [5.41, 5.74) is 5.96. The first-order valence-corrected chi connectivity index (χ1v) is 25.2. The van der Waals surface area contributed by atoms with Gasteiger partial charge in [0.15, 0.2) is 1.41 Å². The molecule has 10 amide bonds. The monoisotopic (exact) mass is 1110 g/mol. The number of ether oxygens (including phenoxy) is 3. The van der Waals surface area contributed by atoms with E-state index in [1.54, 1.807) is 49.7 Å². The molecule has 1 aliphatic heterocycles. The molecular formula is C53H70F2N10O14. The van der Waals surface area contributed by atoms with Crippen LogP contribution in [0.5, 0.6) is 0 Å². The van der Waals surface area contributed by atoms with Crippen LogP contribution in [0.15, 0.2) is 72.9 Å². The first-order valence-electron chi connectivity index (χ1n) is 25.6. The Morgan fingerprint density at radius 3 is 2.06 bits per heavy atom. The van der Waals surface area contributed by atoms with E-state index in [4.69, 9.17) is 21.4 Å². The molecule has 24 nitrogen and oxygen atoms in total. The molecule has 79 heavy (non-hydrogen) atoms. The summed E-state index contributed by atoms with van der Waals surface area (Å²) in [6, 6.07) is 6.31. The molecule has 3 aromatic rings. The Hall–Kier alpha value is -7.94. The van der Waals surface area contributed by atoms with Crippen LogP contribution in [0, 0.1) is 17.0 Å². The van der Waals surface area contributed by atoms with Crippen LogP contribution in [0.25, 0.3) is 11.1 Å². The van der Waals surface area contributed by atoms with Gasteiger partial charge in [-0.15, -0.1) is 0 Å². The van der Waals surface area contributed by atoms with Gasteiger partial charge in [0.2, 0.25) is 47.3 Å². The number of aliphatic hydroxyl groups is 1. The lowest BCUT2D eigenvalue weighted by Gasteiger charge is -2.41. The third-order valence-electron chi connectivity index (χ3n) is 12.0. The van der Waals surface area contributed by atoms with E-state index < -0.39 is 145 Å². The molecule has 0 fully saturated rings. The minimum Gasteiger partial charge on any atom is -0.387 e. The molecule has 0 saturated heterocycles. The van der Waals surface area contributed by atoms with Crippen LogP contribution in [-0.2, 0) is 68.7 Å². The van der Waals surface area contributed by atoms with E-state index in [-0.39, 0.29) is 44.0 Å². The van der Waals surface area contributed by atoms with Gasteiger partial charge in [-0.3, -0.25) is 52.8 Å². The second kappa shape index (κ2) is 30.9. The van der Waals surface area contributed by atoms with E-state index in [0.717, 1.165) is 35.9 Å². The maximum atomic E-state index is 15.4. The van der Waals surface area contributed by atoms with E-state index in [9.17, 15) is 57.4 Å². The lowest BCUT2D eigenvalue weighted by atomic mass is 9.82. The van der Waals surface area contributed by atoms with Gasteiger partial charge in [-0.25, -0.2) is 8.78 Å². The average Bonchev–Trinajstić information content (AvgIpc) is 3.96. The van der Waals surface area contributed by atoms with Crippen LogP contribution in [0.2, 0.25) is 1.41 Å². The Bertz CT molecular complexity index is 2710. The minimum atomic E-state index is -1.80. The summed E-state index contributed by atoms with van der Waals surface area (Å²) in [6.07, 6.45) is 2.32. The quantitative estimate of drug-likeness (QED) is 0.0288. The van der Waals surface area contributed by atoms with E-state index in [1.165, 1.54) is 25.9 Å². The molecule has 0 bridgehead atoms. The second-order valence-electron chi connectivity index (χ2n) is 19.3. The summed E-state index contributed by atoms with van der Waals surface area (Å²) in [5.74, 6) is -10.5. The van der Waals surface area contributed by atoms with Crippen molar-refractivity contribution in [2.45, 2.75) is 84.2 Å². The topological polar surface area (TPSA) is 328 Å². The van der Waals surface area contributed by atoms with Gasteiger partial charge in [-0.1, -0.05) is 51.1 Å². The average molecular weight is 1110 g/mol. The largest absolute Gasteiger partial charge is 0.387 e. The number of benzene rings is 2. The number of primary amides is 1. The Morgan fingerprint density at radius 1 is 0.785 bits per heavy atom. The predicted octanol–water partition coefficient (Wildman–Crippen LogP) is -0.529. The maximum Gasteiger partial charge on any atom is 0.254 e. The third kappa shape index (κ3) is 20.1. The number of hydrogen-bond acceptors (Lipinski definition) is 14. The van der Waals surface area contributed by atoms with Crippen LogP contribution in [-0.4, -0.2) is 176 Å². The van der Waals surface area contributed by atoms with Crippen LogP contribution < -0.4 is 37.6 Å². The van der Waals surface area contributed by atoms with Crippen LogP contribution >= 0.6 is 0 Å². The molecular weight excluding hydrogens is 1040 g/mol. The molecule has 4 rings (SSSR count). The standard InChI is InChI=1S/C53H70F2N10O14/c1-32(59-44(69)31-79-23-22-78-21-20-77-6)49(73)60-33(2)50(74)62-40(26-42(56)67)52(76)61-39(51(75)58-18-17-57-43(68)29-65-45(70)14-15-46(65)71)16-19-64(47(72)30-66)48(53(3,4)5)41-24-35(37-25-36(54)12-13-38(37)55)28-63(41)27-34-10-8-7-9-11-34/h7-15,24-25,28,32-33,39-40,48,66H,16-23,26-27,29-31H2,1-6H3,(H2,56,67)(H,57,68)(H,58,75)(H,59,69)(H,60,73)(H,61,76)(H,62,74)/t32-,33-,39-,40-,48-/m0/s1/i/hD. The number of nitrogens with zero attached hydrogens (tertiary/aromatic N) is 3. The predicted molar refractivity (Wildman–Crippen MR) is 279 cm³/mol. The fourth-order valence-electron chi connectivity index (χ4n) is 8.15. The van der Waals surface area contributed by atoms with Crippen molar-refractivity contribution in [2.24, 2.45) is 11.1 Å². The SMILES string of the molecule is [2H]N(C(=O)COCCOCCOC)[C@@H](C)C(=O)N[C@@H](C)C(=O)N[C@@H](CC(N)=O)C(=O)N[C@@H](CCN(C(=O)CO)[C@@H](c1cc(-c2cc(F)ccc2F)cn1Cc1ccccc1)C(C)(C)C)C(=O)NCCNC(=O)CN1C(=O)C=CC1=O. The summed E-state index contributed by atoms with van der Waals surface area (Å²) < 4.78 is 55.3. The van der Waals surface area contributed by atoms with Crippen molar-refractivity contribution >= 4 is 59.1 Å². The number of aliphatic hydroxyl groups excluding tert-OH is 1. The number of rotatable bonds is 32. The van der Waals surface area contributed by atoms with Crippen molar-refractivity contribution in [1.82, 2.24) is 46.3 Å². The van der Waals surface area contributed by atoms with Gasteiger partial charge in [0.05, 0.1) is 38.9 Å². The van der Waals surface area contributed by atoms with Crippen molar-refractivity contribution in [3.05, 3.63) is 95.8 Å². The molecule has 5 atom stereocenters. The van der Waals surface area contributed by atoms with Crippen molar-refractivity contribution in [2.75, 3.05) is 72.9 Å². The molecule has 0 saturated carbocycles. The lowest BCUT2D eigenvalue weighted by molar-refractivity contribution is -0.141. The van der Waals surface area contributed by atoms with Gasteiger partial charge in [0.1, 0.15) is 55.6 Å². The van der Waals surface area contributed by atoms with E-state index >= 15 is 4.39 Å². The zero-order valence-corrected chi connectivity index (χ0v) is 44.9. The van der Waals surface area contributed by atoms with E-state index in [2.05, 4.69) is 26.6 Å². The Labute approximate surface area is 456 Å². The number of methoxy groups -OCH3 is 1.